The lowest BCUT2D eigenvalue weighted by atomic mass is 10.2. The van der Waals surface area contributed by atoms with Crippen LogP contribution in [0.1, 0.15) is 43.1 Å². The number of benzene rings is 2. The number of carbonyl (C=O) groups excluding carboxylic acids is 1. The Kier molecular flexibility index (Phi) is 6.10. The number of H-pyrrole nitrogens is 1. The maximum Gasteiger partial charge on any atom is 0.223 e. The lowest BCUT2D eigenvalue weighted by Gasteiger charge is -2.23. The van der Waals surface area contributed by atoms with Crippen LogP contribution in [-0.4, -0.2) is 41.0 Å². The van der Waals surface area contributed by atoms with Crippen molar-refractivity contribution in [1.29, 1.82) is 0 Å². The van der Waals surface area contributed by atoms with Crippen LogP contribution in [0.4, 0.5) is 0 Å². The minimum atomic E-state index is 0.0510. The van der Waals surface area contributed by atoms with Gasteiger partial charge in [-0.3, -0.25) is 4.79 Å². The maximum atomic E-state index is 12.8. The molecule has 1 amide bonds. The number of amides is 1. The van der Waals surface area contributed by atoms with Crippen LogP contribution < -0.4 is 4.74 Å². The minimum Gasteiger partial charge on any atom is -0.497 e. The largest absolute Gasteiger partial charge is 0.497 e. The fourth-order valence-corrected chi connectivity index (χ4v) is 3.86. The summed E-state index contributed by atoms with van der Waals surface area (Å²) in [5.41, 5.74) is 3.07. The zero-order chi connectivity index (χ0) is 20.1. The van der Waals surface area contributed by atoms with Gasteiger partial charge in [0.2, 0.25) is 5.91 Å². The quantitative estimate of drug-likeness (QED) is 0.582. The Bertz CT molecular complexity index is 918. The third kappa shape index (κ3) is 4.59. The first-order chi connectivity index (χ1) is 14.2. The Balaban J connectivity index is 1.25. The zero-order valence-electron chi connectivity index (χ0n) is 16.8. The second-order valence-corrected chi connectivity index (χ2v) is 7.39. The summed E-state index contributed by atoms with van der Waals surface area (Å²) in [6, 6.07) is 15.9. The van der Waals surface area contributed by atoms with Crippen molar-refractivity contribution in [1.82, 2.24) is 14.9 Å². The van der Waals surface area contributed by atoms with Gasteiger partial charge in [-0.2, -0.15) is 0 Å². The molecule has 1 N–H and O–H groups in total. The number of methoxy groups -OCH3 is 1. The number of rotatable bonds is 8. The number of hydrogen-bond acceptors (Lipinski definition) is 4. The fourth-order valence-electron chi connectivity index (χ4n) is 3.86. The van der Waals surface area contributed by atoms with E-state index in [2.05, 4.69) is 4.98 Å². The zero-order valence-corrected chi connectivity index (χ0v) is 16.8. The van der Waals surface area contributed by atoms with Gasteiger partial charge in [0.05, 0.1) is 30.8 Å². The molecule has 1 unspecified atom stereocenters. The van der Waals surface area contributed by atoms with Crippen LogP contribution in [0.15, 0.2) is 48.5 Å². The van der Waals surface area contributed by atoms with E-state index in [4.69, 9.17) is 14.5 Å². The number of nitrogens with zero attached hydrogens (tertiary/aromatic N) is 2. The van der Waals surface area contributed by atoms with Crippen LogP contribution >= 0.6 is 0 Å². The molecule has 1 aromatic heterocycles. The number of para-hydroxylation sites is 2. The SMILES string of the molecule is COc1ccc(COCCCC(=O)N2CCCC2c2nc3ccccc3[nH]2)cc1. The number of likely N-dealkylation sites (tertiary alicyclic amines) is 1. The van der Waals surface area contributed by atoms with Crippen molar-refractivity contribution in [3.8, 4) is 5.75 Å². The molecule has 1 atom stereocenters. The number of fused-ring (bicyclic) bond motifs is 1. The molecule has 0 radical (unpaired) electrons. The molecule has 6 nitrogen and oxygen atoms in total. The van der Waals surface area contributed by atoms with Gasteiger partial charge in [0, 0.05) is 19.6 Å². The summed E-state index contributed by atoms with van der Waals surface area (Å²) in [6.07, 6.45) is 3.19. The van der Waals surface area contributed by atoms with Crippen LogP contribution in [0, 0.1) is 0 Å². The molecule has 3 aromatic rings. The molecule has 1 aliphatic heterocycles. The molecule has 1 aliphatic rings. The van der Waals surface area contributed by atoms with Gasteiger partial charge in [0.15, 0.2) is 0 Å². The molecule has 0 aliphatic carbocycles. The number of nitrogens with one attached hydrogen (secondary N) is 1. The van der Waals surface area contributed by atoms with Crippen molar-refractivity contribution in [2.45, 2.75) is 38.3 Å². The molecule has 0 spiro atoms. The van der Waals surface area contributed by atoms with Crippen molar-refractivity contribution in [2.75, 3.05) is 20.3 Å². The predicted molar refractivity (Wildman–Crippen MR) is 112 cm³/mol. The van der Waals surface area contributed by atoms with E-state index < -0.39 is 0 Å². The summed E-state index contributed by atoms with van der Waals surface area (Å²) in [5.74, 6) is 1.91. The van der Waals surface area contributed by atoms with Crippen LogP contribution in [0.5, 0.6) is 5.75 Å². The average molecular weight is 393 g/mol. The highest BCUT2D eigenvalue weighted by Gasteiger charge is 2.31. The summed E-state index contributed by atoms with van der Waals surface area (Å²) < 4.78 is 10.9. The molecule has 6 heteroatoms. The van der Waals surface area contributed by atoms with Crippen molar-refractivity contribution in [2.24, 2.45) is 0 Å². The Hall–Kier alpha value is -2.86. The molecule has 0 saturated carbocycles. The standard InChI is InChI=1S/C23H27N3O3/c1-28-18-12-10-17(11-13-18)16-29-15-5-9-22(27)26-14-4-8-21(26)23-24-19-6-2-3-7-20(19)25-23/h2-3,6-7,10-13,21H,4-5,8-9,14-16H2,1H3,(H,24,25). The molecule has 2 heterocycles. The van der Waals surface area contributed by atoms with E-state index in [1.165, 1.54) is 0 Å². The first kappa shape index (κ1) is 19.5. The van der Waals surface area contributed by atoms with Gasteiger partial charge in [0.25, 0.3) is 0 Å². The van der Waals surface area contributed by atoms with Crippen molar-refractivity contribution >= 4 is 16.9 Å². The number of hydrogen-bond donors (Lipinski definition) is 1. The van der Waals surface area contributed by atoms with Gasteiger partial charge in [0.1, 0.15) is 11.6 Å². The van der Waals surface area contributed by atoms with E-state index in [1.807, 2.05) is 53.4 Å². The third-order valence-electron chi connectivity index (χ3n) is 5.40. The highest BCUT2D eigenvalue weighted by Crippen LogP contribution is 2.32. The maximum absolute atomic E-state index is 12.8. The Labute approximate surface area is 170 Å². The Morgan fingerprint density at radius 3 is 2.83 bits per heavy atom. The molecule has 29 heavy (non-hydrogen) atoms. The van der Waals surface area contributed by atoms with Gasteiger partial charge in [-0.25, -0.2) is 4.98 Å². The second-order valence-electron chi connectivity index (χ2n) is 7.39. The summed E-state index contributed by atoms with van der Waals surface area (Å²) in [6.45, 7) is 1.91. The topological polar surface area (TPSA) is 67.5 Å². The van der Waals surface area contributed by atoms with Gasteiger partial charge >= 0.3 is 0 Å². The molecule has 1 saturated heterocycles. The van der Waals surface area contributed by atoms with E-state index >= 15 is 0 Å². The van der Waals surface area contributed by atoms with Crippen LogP contribution in [-0.2, 0) is 16.1 Å². The van der Waals surface area contributed by atoms with Gasteiger partial charge in [-0.05, 0) is 49.1 Å². The van der Waals surface area contributed by atoms with Crippen LogP contribution in [0.3, 0.4) is 0 Å². The van der Waals surface area contributed by atoms with Crippen molar-refractivity contribution in [3.05, 3.63) is 59.9 Å². The Morgan fingerprint density at radius 1 is 1.21 bits per heavy atom. The van der Waals surface area contributed by atoms with Crippen molar-refractivity contribution < 1.29 is 14.3 Å². The van der Waals surface area contributed by atoms with E-state index in [0.717, 1.165) is 54.0 Å². The minimum absolute atomic E-state index is 0.0510. The number of aromatic nitrogens is 2. The van der Waals surface area contributed by atoms with Gasteiger partial charge in [-0.15, -0.1) is 0 Å². The molecule has 0 bridgehead atoms. The molecule has 1 fully saturated rings. The first-order valence-electron chi connectivity index (χ1n) is 10.2. The smallest absolute Gasteiger partial charge is 0.223 e. The second kappa shape index (κ2) is 9.09. The van der Waals surface area contributed by atoms with Crippen LogP contribution in [0.2, 0.25) is 0 Å². The lowest BCUT2D eigenvalue weighted by Crippen LogP contribution is -2.31. The normalized spacial score (nSPS) is 16.4. The molecule has 152 valence electrons. The number of imidazole rings is 1. The average Bonchev–Trinajstić information content (AvgIpc) is 3.40. The fraction of sp³-hybridized carbons (Fsp3) is 0.391. The first-order valence-corrected chi connectivity index (χ1v) is 10.2. The van der Waals surface area contributed by atoms with Crippen molar-refractivity contribution in [3.63, 3.8) is 0 Å². The number of carbonyl (C=O) groups is 1. The van der Waals surface area contributed by atoms with Gasteiger partial charge in [-0.1, -0.05) is 24.3 Å². The molecule has 2 aromatic carbocycles. The Morgan fingerprint density at radius 2 is 2.03 bits per heavy atom. The summed E-state index contributed by atoms with van der Waals surface area (Å²) >= 11 is 0. The molecule has 4 rings (SSSR count). The third-order valence-corrected chi connectivity index (χ3v) is 5.40. The lowest BCUT2D eigenvalue weighted by molar-refractivity contribution is -0.132. The highest BCUT2D eigenvalue weighted by molar-refractivity contribution is 5.78. The van der Waals surface area contributed by atoms with E-state index in [-0.39, 0.29) is 11.9 Å². The number of aromatic amines is 1. The number of ether oxygens (including phenoxy) is 2. The monoisotopic (exact) mass is 393 g/mol. The van der Waals surface area contributed by atoms with E-state index in [0.29, 0.717) is 19.6 Å². The molecular weight excluding hydrogens is 366 g/mol. The van der Waals surface area contributed by atoms with Gasteiger partial charge < -0.3 is 19.4 Å². The summed E-state index contributed by atoms with van der Waals surface area (Å²) in [4.78, 5) is 22.8. The highest BCUT2D eigenvalue weighted by atomic mass is 16.5. The van der Waals surface area contributed by atoms with E-state index in [1.54, 1.807) is 7.11 Å². The van der Waals surface area contributed by atoms with Crippen LogP contribution in [0.25, 0.3) is 11.0 Å². The van der Waals surface area contributed by atoms with E-state index in [9.17, 15) is 4.79 Å². The summed E-state index contributed by atoms with van der Waals surface area (Å²) in [7, 11) is 1.65. The molecular formula is C23H27N3O3. The predicted octanol–water partition coefficient (Wildman–Crippen LogP) is 4.23. The summed E-state index contributed by atoms with van der Waals surface area (Å²) in [5, 5.41) is 0.